The molecule has 2 aromatic rings. The molecule has 22 heavy (non-hydrogen) atoms. The standard InChI is InChI=1S/C19H21NO2/c1-19(2)11-22-18(20-19)16-12-7-4-5-8-14(12)17(21-3)15-10-6-9-13(15)16/h4-5,7-8H,6,9-11H2,1-3H3. The Morgan fingerprint density at radius 3 is 2.50 bits per heavy atom. The SMILES string of the molecule is COc1c2c(c(C3=NC(C)(C)CO3)c3ccccc13)CCC2. The van der Waals surface area contributed by atoms with Crippen LogP contribution in [0, 0.1) is 0 Å². The van der Waals surface area contributed by atoms with E-state index in [9.17, 15) is 0 Å². The number of aliphatic imine (C=N–C) groups is 1. The van der Waals surface area contributed by atoms with Gasteiger partial charge in [-0.15, -0.1) is 0 Å². The van der Waals surface area contributed by atoms with Crippen LogP contribution < -0.4 is 4.74 Å². The Kier molecular flexibility index (Phi) is 2.93. The number of fused-ring (bicyclic) bond motifs is 2. The zero-order chi connectivity index (χ0) is 15.3. The summed E-state index contributed by atoms with van der Waals surface area (Å²) in [5.74, 6) is 1.84. The minimum atomic E-state index is -0.137. The van der Waals surface area contributed by atoms with E-state index in [-0.39, 0.29) is 5.54 Å². The van der Waals surface area contributed by atoms with Gasteiger partial charge in [0.15, 0.2) is 0 Å². The van der Waals surface area contributed by atoms with Crippen LogP contribution in [0.4, 0.5) is 0 Å². The molecule has 3 nitrogen and oxygen atoms in total. The van der Waals surface area contributed by atoms with E-state index in [0.717, 1.165) is 29.9 Å². The maximum Gasteiger partial charge on any atom is 0.217 e. The molecule has 2 aliphatic rings. The van der Waals surface area contributed by atoms with E-state index in [2.05, 4.69) is 38.1 Å². The molecule has 1 aliphatic carbocycles. The molecule has 1 heterocycles. The average molecular weight is 295 g/mol. The van der Waals surface area contributed by atoms with Crippen molar-refractivity contribution < 1.29 is 9.47 Å². The Balaban J connectivity index is 2.07. The predicted molar refractivity (Wildman–Crippen MR) is 89.1 cm³/mol. The van der Waals surface area contributed by atoms with Gasteiger partial charge in [-0.25, -0.2) is 4.99 Å². The molecular weight excluding hydrogens is 274 g/mol. The van der Waals surface area contributed by atoms with E-state index in [4.69, 9.17) is 14.5 Å². The van der Waals surface area contributed by atoms with Crippen LogP contribution in [0.25, 0.3) is 10.8 Å². The Bertz CT molecular complexity index is 790. The highest BCUT2D eigenvalue weighted by Gasteiger charge is 2.32. The minimum absolute atomic E-state index is 0.137. The molecule has 0 fully saturated rings. The zero-order valence-electron chi connectivity index (χ0n) is 13.4. The molecule has 0 radical (unpaired) electrons. The van der Waals surface area contributed by atoms with Gasteiger partial charge in [-0.3, -0.25) is 0 Å². The number of nitrogens with zero attached hydrogens (tertiary/aromatic N) is 1. The molecule has 4 rings (SSSR count). The summed E-state index contributed by atoms with van der Waals surface area (Å²) < 4.78 is 11.7. The third-order valence-corrected chi connectivity index (χ3v) is 4.62. The van der Waals surface area contributed by atoms with Crippen molar-refractivity contribution in [3.63, 3.8) is 0 Å². The lowest BCUT2D eigenvalue weighted by atomic mass is 9.94. The summed E-state index contributed by atoms with van der Waals surface area (Å²) in [5.41, 5.74) is 3.76. The second-order valence-electron chi connectivity index (χ2n) is 6.78. The van der Waals surface area contributed by atoms with Gasteiger partial charge in [-0.1, -0.05) is 24.3 Å². The highest BCUT2D eigenvalue weighted by Crippen LogP contribution is 2.42. The van der Waals surface area contributed by atoms with Crippen molar-refractivity contribution in [1.29, 1.82) is 0 Å². The molecule has 0 bridgehead atoms. The second-order valence-corrected chi connectivity index (χ2v) is 6.78. The van der Waals surface area contributed by atoms with Gasteiger partial charge in [0.25, 0.3) is 0 Å². The molecule has 0 unspecified atom stereocenters. The van der Waals surface area contributed by atoms with Crippen LogP contribution in [0.2, 0.25) is 0 Å². The van der Waals surface area contributed by atoms with Crippen molar-refractivity contribution in [1.82, 2.24) is 0 Å². The van der Waals surface area contributed by atoms with E-state index >= 15 is 0 Å². The quantitative estimate of drug-likeness (QED) is 0.841. The fourth-order valence-electron chi connectivity index (χ4n) is 3.68. The van der Waals surface area contributed by atoms with Crippen LogP contribution in [0.5, 0.6) is 5.75 Å². The Morgan fingerprint density at radius 2 is 1.82 bits per heavy atom. The molecule has 3 heteroatoms. The molecule has 0 spiro atoms. The lowest BCUT2D eigenvalue weighted by Gasteiger charge is -2.17. The first-order valence-corrected chi connectivity index (χ1v) is 7.94. The summed E-state index contributed by atoms with van der Waals surface area (Å²) in [4.78, 5) is 4.83. The van der Waals surface area contributed by atoms with Crippen molar-refractivity contribution in [2.45, 2.75) is 38.6 Å². The van der Waals surface area contributed by atoms with Crippen molar-refractivity contribution in [2.75, 3.05) is 13.7 Å². The first kappa shape index (κ1) is 13.6. The van der Waals surface area contributed by atoms with Crippen molar-refractivity contribution in [3.8, 4) is 5.75 Å². The van der Waals surface area contributed by atoms with Gasteiger partial charge in [-0.05, 0) is 49.6 Å². The summed E-state index contributed by atoms with van der Waals surface area (Å²) in [7, 11) is 1.77. The summed E-state index contributed by atoms with van der Waals surface area (Å²) in [5, 5.41) is 2.35. The number of rotatable bonds is 2. The van der Waals surface area contributed by atoms with E-state index in [1.165, 1.54) is 28.5 Å². The van der Waals surface area contributed by atoms with E-state index in [1.54, 1.807) is 7.11 Å². The van der Waals surface area contributed by atoms with E-state index < -0.39 is 0 Å². The highest BCUT2D eigenvalue weighted by atomic mass is 16.5. The topological polar surface area (TPSA) is 30.8 Å². The third-order valence-electron chi connectivity index (χ3n) is 4.62. The number of hydrogen-bond acceptors (Lipinski definition) is 3. The van der Waals surface area contributed by atoms with E-state index in [1.807, 2.05) is 0 Å². The van der Waals surface area contributed by atoms with Gasteiger partial charge in [-0.2, -0.15) is 0 Å². The van der Waals surface area contributed by atoms with Crippen LogP contribution in [0.1, 0.15) is 37.0 Å². The second kappa shape index (κ2) is 4.73. The Labute approximate surface area is 131 Å². The van der Waals surface area contributed by atoms with E-state index in [0.29, 0.717) is 6.61 Å². The number of methoxy groups -OCH3 is 1. The van der Waals surface area contributed by atoms with Crippen LogP contribution in [0.15, 0.2) is 29.3 Å². The molecule has 0 saturated heterocycles. The molecule has 1 aliphatic heterocycles. The van der Waals surface area contributed by atoms with Crippen LogP contribution in [0.3, 0.4) is 0 Å². The zero-order valence-corrected chi connectivity index (χ0v) is 13.4. The Morgan fingerprint density at radius 1 is 1.09 bits per heavy atom. The molecule has 0 N–H and O–H groups in total. The van der Waals surface area contributed by atoms with Gasteiger partial charge < -0.3 is 9.47 Å². The smallest absolute Gasteiger partial charge is 0.217 e. The number of benzene rings is 2. The maximum atomic E-state index is 5.97. The molecule has 0 atom stereocenters. The fraction of sp³-hybridized carbons (Fsp3) is 0.421. The molecule has 0 amide bonds. The average Bonchev–Trinajstić information content (AvgIpc) is 3.11. The number of ether oxygens (including phenoxy) is 2. The van der Waals surface area contributed by atoms with Crippen LogP contribution in [-0.4, -0.2) is 25.2 Å². The largest absolute Gasteiger partial charge is 0.496 e. The summed E-state index contributed by atoms with van der Waals surface area (Å²) >= 11 is 0. The van der Waals surface area contributed by atoms with Gasteiger partial charge in [0.2, 0.25) is 5.90 Å². The number of hydrogen-bond donors (Lipinski definition) is 0. The molecule has 2 aromatic carbocycles. The highest BCUT2D eigenvalue weighted by molar-refractivity contribution is 6.11. The van der Waals surface area contributed by atoms with Gasteiger partial charge >= 0.3 is 0 Å². The van der Waals surface area contributed by atoms with Gasteiger partial charge in [0.05, 0.1) is 12.6 Å². The van der Waals surface area contributed by atoms with Crippen molar-refractivity contribution in [2.24, 2.45) is 4.99 Å². The van der Waals surface area contributed by atoms with Crippen molar-refractivity contribution in [3.05, 3.63) is 41.0 Å². The van der Waals surface area contributed by atoms with Gasteiger partial charge in [0.1, 0.15) is 12.4 Å². The normalized spacial score (nSPS) is 19.0. The molecular formula is C19H21NO2. The summed E-state index contributed by atoms with van der Waals surface area (Å²) in [6, 6.07) is 8.43. The van der Waals surface area contributed by atoms with Crippen LogP contribution in [-0.2, 0) is 17.6 Å². The minimum Gasteiger partial charge on any atom is -0.496 e. The molecule has 114 valence electrons. The van der Waals surface area contributed by atoms with Crippen LogP contribution >= 0.6 is 0 Å². The Hall–Kier alpha value is -2.03. The van der Waals surface area contributed by atoms with Gasteiger partial charge in [0, 0.05) is 10.9 Å². The first-order valence-electron chi connectivity index (χ1n) is 7.94. The summed E-state index contributed by atoms with van der Waals surface area (Å²) in [6.07, 6.45) is 3.33. The molecule has 0 aromatic heterocycles. The fourth-order valence-corrected chi connectivity index (χ4v) is 3.68. The summed E-state index contributed by atoms with van der Waals surface area (Å²) in [6.45, 7) is 4.88. The third kappa shape index (κ3) is 1.92. The monoisotopic (exact) mass is 295 g/mol. The lowest BCUT2D eigenvalue weighted by Crippen LogP contribution is -2.17. The molecule has 0 saturated carbocycles. The van der Waals surface area contributed by atoms with Crippen molar-refractivity contribution >= 4 is 16.7 Å². The predicted octanol–water partition coefficient (Wildman–Crippen LogP) is 3.89. The lowest BCUT2D eigenvalue weighted by molar-refractivity contribution is 0.279. The first-order chi connectivity index (χ1) is 10.6. The maximum absolute atomic E-state index is 5.97.